The van der Waals surface area contributed by atoms with Crippen LogP contribution in [0.15, 0.2) is 57.3 Å². The molecule has 3 rings (SSSR count). The van der Waals surface area contributed by atoms with Crippen molar-refractivity contribution in [3.8, 4) is 11.3 Å². The van der Waals surface area contributed by atoms with Crippen molar-refractivity contribution in [3.63, 3.8) is 0 Å². The maximum absolute atomic E-state index is 6.00. The van der Waals surface area contributed by atoms with Crippen molar-refractivity contribution in [1.82, 2.24) is 4.68 Å². The van der Waals surface area contributed by atoms with Crippen LogP contribution in [-0.2, 0) is 0 Å². The largest absolute Gasteiger partial charge is 0.258 e. The number of hydrogen-bond donors (Lipinski definition) is 0. The van der Waals surface area contributed by atoms with Crippen LogP contribution >= 0.6 is 34.3 Å². The molecule has 0 aliphatic heterocycles. The van der Waals surface area contributed by atoms with E-state index in [9.17, 15) is 0 Å². The van der Waals surface area contributed by atoms with Crippen molar-refractivity contribution in [3.05, 3.63) is 61.9 Å². The minimum atomic E-state index is 0.729. The number of hydrogen-bond acceptors (Lipinski definition) is 4. The second-order valence-electron chi connectivity index (χ2n) is 4.86. The van der Waals surface area contributed by atoms with Crippen molar-refractivity contribution < 1.29 is 0 Å². The number of thiophene rings is 1. The highest BCUT2D eigenvalue weighted by molar-refractivity contribution is 7.12. The van der Waals surface area contributed by atoms with Gasteiger partial charge in [0.2, 0.25) is 4.80 Å². The highest BCUT2D eigenvalue weighted by Crippen LogP contribution is 2.22. The summed E-state index contributed by atoms with van der Waals surface area (Å²) in [6.07, 6.45) is 0. The normalized spacial score (nSPS) is 12.8. The fourth-order valence-electron chi connectivity index (χ4n) is 2.14. The van der Waals surface area contributed by atoms with Crippen LogP contribution in [-0.4, -0.2) is 16.9 Å². The van der Waals surface area contributed by atoms with Gasteiger partial charge in [0, 0.05) is 22.5 Å². The lowest BCUT2D eigenvalue weighted by atomic mass is 10.2. The van der Waals surface area contributed by atoms with E-state index in [1.54, 1.807) is 22.7 Å². The molecule has 2 heterocycles. The predicted molar refractivity (Wildman–Crippen MR) is 101 cm³/mol. The van der Waals surface area contributed by atoms with Gasteiger partial charge in [-0.3, -0.25) is 4.99 Å². The zero-order chi connectivity index (χ0) is 16.2. The Morgan fingerprint density at radius 3 is 2.61 bits per heavy atom. The van der Waals surface area contributed by atoms with E-state index in [0.29, 0.717) is 0 Å². The summed E-state index contributed by atoms with van der Waals surface area (Å²) in [5, 5.41) is 9.68. The highest BCUT2D eigenvalue weighted by atomic mass is 35.5. The molecule has 3 nitrogen and oxygen atoms in total. The Labute approximate surface area is 148 Å². The number of aromatic nitrogens is 1. The number of rotatable bonds is 4. The molecule has 0 N–H and O–H groups in total. The van der Waals surface area contributed by atoms with E-state index >= 15 is 0 Å². The van der Waals surface area contributed by atoms with E-state index in [0.717, 1.165) is 38.2 Å². The van der Waals surface area contributed by atoms with Crippen LogP contribution in [0.25, 0.3) is 11.3 Å². The monoisotopic (exact) mass is 361 g/mol. The standard InChI is InChI=1S/C17H16ClN3S2/c1-3-19-17-21(20-12(2)16-5-4-10-22-16)15(11-23-17)13-6-8-14(18)9-7-13/h4-11H,3H2,1-2H3. The van der Waals surface area contributed by atoms with E-state index in [-0.39, 0.29) is 0 Å². The molecule has 0 bridgehead atoms. The molecule has 0 amide bonds. The second-order valence-corrected chi connectivity index (χ2v) is 7.08. The zero-order valence-corrected chi connectivity index (χ0v) is 15.3. The molecule has 0 radical (unpaired) electrons. The molecule has 6 heteroatoms. The summed E-state index contributed by atoms with van der Waals surface area (Å²) in [7, 11) is 0. The van der Waals surface area contributed by atoms with Gasteiger partial charge in [0.25, 0.3) is 0 Å². The zero-order valence-electron chi connectivity index (χ0n) is 12.9. The first kappa shape index (κ1) is 16.2. The predicted octanol–water partition coefficient (Wildman–Crippen LogP) is 5.12. The van der Waals surface area contributed by atoms with E-state index in [2.05, 4.69) is 21.8 Å². The van der Waals surface area contributed by atoms with E-state index in [1.807, 2.05) is 48.9 Å². The quantitative estimate of drug-likeness (QED) is 0.577. The van der Waals surface area contributed by atoms with Gasteiger partial charge in [0.1, 0.15) is 0 Å². The van der Waals surface area contributed by atoms with E-state index < -0.39 is 0 Å². The second kappa shape index (κ2) is 7.25. The van der Waals surface area contributed by atoms with Crippen LogP contribution in [0.4, 0.5) is 0 Å². The lowest BCUT2D eigenvalue weighted by Crippen LogP contribution is -2.14. The summed E-state index contributed by atoms with van der Waals surface area (Å²) >= 11 is 9.28. The van der Waals surface area contributed by atoms with Gasteiger partial charge < -0.3 is 0 Å². The lowest BCUT2D eigenvalue weighted by molar-refractivity contribution is 0.828. The third-order valence-electron chi connectivity index (χ3n) is 3.25. The third kappa shape index (κ3) is 3.63. The van der Waals surface area contributed by atoms with Crippen LogP contribution in [0, 0.1) is 0 Å². The van der Waals surface area contributed by atoms with Gasteiger partial charge in [0.05, 0.1) is 16.3 Å². The summed E-state index contributed by atoms with van der Waals surface area (Å²) < 4.78 is 1.92. The number of halogens is 1. The average Bonchev–Trinajstić information content (AvgIpc) is 3.20. The Hall–Kier alpha value is -1.69. The number of benzene rings is 1. The molecule has 0 saturated heterocycles. The first-order chi connectivity index (χ1) is 11.2. The maximum atomic E-state index is 6.00. The molecular formula is C17H16ClN3S2. The van der Waals surface area contributed by atoms with Crippen LogP contribution in [0.2, 0.25) is 5.02 Å². The molecule has 1 aromatic carbocycles. The molecule has 0 spiro atoms. The summed E-state index contributed by atoms with van der Waals surface area (Å²) in [6.45, 7) is 4.79. The Bertz CT molecular complexity index is 871. The Balaban J connectivity index is 2.14. The molecule has 0 saturated carbocycles. The van der Waals surface area contributed by atoms with Gasteiger partial charge in [-0.05, 0) is 37.4 Å². The first-order valence-corrected chi connectivity index (χ1v) is 9.39. The smallest absolute Gasteiger partial charge is 0.206 e. The molecule has 23 heavy (non-hydrogen) atoms. The summed E-state index contributed by atoms with van der Waals surface area (Å²) in [5.41, 5.74) is 3.08. The lowest BCUT2D eigenvalue weighted by Gasteiger charge is -2.05. The summed E-state index contributed by atoms with van der Waals surface area (Å²) in [6, 6.07) is 11.9. The number of nitrogens with zero attached hydrogens (tertiary/aromatic N) is 3. The average molecular weight is 362 g/mol. The van der Waals surface area contributed by atoms with Crippen LogP contribution in [0.3, 0.4) is 0 Å². The van der Waals surface area contributed by atoms with Gasteiger partial charge in [-0.1, -0.05) is 29.8 Å². The number of thiazole rings is 1. The molecule has 3 aromatic rings. The van der Waals surface area contributed by atoms with Gasteiger partial charge in [-0.15, -0.1) is 22.7 Å². The van der Waals surface area contributed by atoms with Gasteiger partial charge in [-0.2, -0.15) is 5.10 Å². The topological polar surface area (TPSA) is 29.6 Å². The molecule has 118 valence electrons. The minimum Gasteiger partial charge on any atom is -0.258 e. The van der Waals surface area contributed by atoms with Crippen molar-refractivity contribution in [2.45, 2.75) is 13.8 Å². The molecule has 2 aromatic heterocycles. The van der Waals surface area contributed by atoms with Crippen molar-refractivity contribution in [1.29, 1.82) is 0 Å². The van der Waals surface area contributed by atoms with E-state index in [1.165, 1.54) is 0 Å². The van der Waals surface area contributed by atoms with Crippen molar-refractivity contribution in [2.24, 2.45) is 10.1 Å². The molecule has 0 atom stereocenters. The molecule has 0 unspecified atom stereocenters. The van der Waals surface area contributed by atoms with Crippen molar-refractivity contribution >= 4 is 40.0 Å². The fraction of sp³-hybridized carbons (Fsp3) is 0.176. The summed E-state index contributed by atoms with van der Waals surface area (Å²) in [5.74, 6) is 0. The van der Waals surface area contributed by atoms with Gasteiger partial charge in [0.15, 0.2) is 0 Å². The summed E-state index contributed by atoms with van der Waals surface area (Å²) in [4.78, 5) is 6.61. The Kier molecular flexibility index (Phi) is 5.10. The first-order valence-electron chi connectivity index (χ1n) is 7.25. The van der Waals surface area contributed by atoms with Crippen LogP contribution in [0.5, 0.6) is 0 Å². The third-order valence-corrected chi connectivity index (χ3v) is 5.33. The van der Waals surface area contributed by atoms with E-state index in [4.69, 9.17) is 16.7 Å². The van der Waals surface area contributed by atoms with Gasteiger partial charge in [-0.25, -0.2) is 4.68 Å². The minimum absolute atomic E-state index is 0.729. The molecule has 0 aliphatic carbocycles. The van der Waals surface area contributed by atoms with Crippen LogP contribution in [0.1, 0.15) is 18.7 Å². The SMILES string of the molecule is CCN=c1scc(-c2ccc(Cl)cc2)n1N=C(C)c1cccs1. The highest BCUT2D eigenvalue weighted by Gasteiger charge is 2.09. The maximum Gasteiger partial charge on any atom is 0.206 e. The molecule has 0 fully saturated rings. The van der Waals surface area contributed by atoms with Crippen molar-refractivity contribution in [2.75, 3.05) is 6.54 Å². The molecule has 0 aliphatic rings. The Morgan fingerprint density at radius 2 is 1.96 bits per heavy atom. The van der Waals surface area contributed by atoms with Gasteiger partial charge >= 0.3 is 0 Å². The fourth-order valence-corrected chi connectivity index (χ4v) is 3.84. The molecular weight excluding hydrogens is 346 g/mol. The van der Waals surface area contributed by atoms with Crippen LogP contribution < -0.4 is 4.80 Å². The Morgan fingerprint density at radius 1 is 1.17 bits per heavy atom.